The van der Waals surface area contributed by atoms with Crippen LogP contribution in [0.25, 0.3) is 4.96 Å². The van der Waals surface area contributed by atoms with Crippen molar-refractivity contribution in [3.05, 3.63) is 33.2 Å². The molecule has 0 aliphatic carbocycles. The minimum Gasteiger partial charge on any atom is -0.355 e. The number of nitrogens with one attached hydrogen (secondary N) is 1. The zero-order valence-electron chi connectivity index (χ0n) is 14.8. The Balaban J connectivity index is 1.54. The number of nitrogens with zero attached hydrogens (tertiary/aromatic N) is 3. The fourth-order valence-corrected chi connectivity index (χ4v) is 5.01. The molecule has 0 bridgehead atoms. The van der Waals surface area contributed by atoms with Gasteiger partial charge in [0.2, 0.25) is 15.9 Å². The third kappa shape index (κ3) is 4.13. The van der Waals surface area contributed by atoms with Gasteiger partial charge < -0.3 is 5.32 Å². The van der Waals surface area contributed by atoms with Crippen LogP contribution in [0.2, 0.25) is 0 Å². The Bertz CT molecular complexity index is 972. The van der Waals surface area contributed by atoms with Gasteiger partial charge in [-0.15, -0.1) is 11.3 Å². The highest BCUT2D eigenvalue weighted by Gasteiger charge is 2.28. The average Bonchev–Trinajstić information content (AvgIpc) is 2.97. The first-order chi connectivity index (χ1) is 12.3. The molecule has 26 heavy (non-hydrogen) atoms. The average molecular weight is 399 g/mol. The Hall–Kier alpha value is -1.78. The van der Waals surface area contributed by atoms with Gasteiger partial charge in [-0.25, -0.2) is 17.7 Å². The maximum atomic E-state index is 12.3. The second kappa shape index (κ2) is 7.45. The molecule has 3 rings (SSSR count). The Morgan fingerprint density at radius 2 is 2.08 bits per heavy atom. The predicted octanol–water partition coefficient (Wildman–Crippen LogP) is 0.395. The highest BCUT2D eigenvalue weighted by Crippen LogP contribution is 2.19. The van der Waals surface area contributed by atoms with E-state index >= 15 is 0 Å². The van der Waals surface area contributed by atoms with Crippen LogP contribution in [0.3, 0.4) is 0 Å². The highest BCUT2D eigenvalue weighted by atomic mass is 32.2. The lowest BCUT2D eigenvalue weighted by Gasteiger charge is -2.29. The van der Waals surface area contributed by atoms with Crippen molar-refractivity contribution in [1.82, 2.24) is 19.0 Å². The van der Waals surface area contributed by atoms with E-state index in [1.807, 2.05) is 5.38 Å². The summed E-state index contributed by atoms with van der Waals surface area (Å²) in [5.74, 6) is -0.224. The maximum absolute atomic E-state index is 12.3. The SMILES string of the molecule is Cc1cc(=O)n2c(CCNC(=O)C3CCN(S(C)(=O)=O)CC3)csc2n1. The van der Waals surface area contributed by atoms with Crippen molar-refractivity contribution >= 4 is 32.2 Å². The van der Waals surface area contributed by atoms with Crippen LogP contribution >= 0.6 is 11.3 Å². The fraction of sp³-hybridized carbons (Fsp3) is 0.562. The molecule has 0 unspecified atom stereocenters. The number of rotatable bonds is 5. The zero-order chi connectivity index (χ0) is 18.9. The van der Waals surface area contributed by atoms with Gasteiger partial charge in [-0.3, -0.25) is 14.0 Å². The molecular weight excluding hydrogens is 376 g/mol. The van der Waals surface area contributed by atoms with Gasteiger partial charge in [0.05, 0.1) is 6.26 Å². The number of hydrogen-bond acceptors (Lipinski definition) is 6. The van der Waals surface area contributed by atoms with E-state index in [4.69, 9.17) is 0 Å². The monoisotopic (exact) mass is 398 g/mol. The Morgan fingerprint density at radius 3 is 2.73 bits per heavy atom. The van der Waals surface area contributed by atoms with Crippen molar-refractivity contribution in [3.63, 3.8) is 0 Å². The lowest BCUT2D eigenvalue weighted by Crippen LogP contribution is -2.43. The van der Waals surface area contributed by atoms with E-state index in [-0.39, 0.29) is 17.4 Å². The van der Waals surface area contributed by atoms with Crippen LogP contribution in [0.15, 0.2) is 16.2 Å². The van der Waals surface area contributed by atoms with Crippen molar-refractivity contribution in [2.24, 2.45) is 5.92 Å². The van der Waals surface area contributed by atoms with E-state index < -0.39 is 10.0 Å². The van der Waals surface area contributed by atoms with Gasteiger partial charge in [0.25, 0.3) is 5.56 Å². The van der Waals surface area contributed by atoms with Crippen molar-refractivity contribution in [1.29, 1.82) is 0 Å². The van der Waals surface area contributed by atoms with Gasteiger partial charge in [-0.1, -0.05) is 0 Å². The quantitative estimate of drug-likeness (QED) is 0.785. The predicted molar refractivity (Wildman–Crippen MR) is 99.9 cm³/mol. The number of carbonyl (C=O) groups is 1. The molecule has 0 aromatic carbocycles. The number of aryl methyl sites for hydroxylation is 1. The molecule has 0 saturated carbocycles. The van der Waals surface area contributed by atoms with Crippen LogP contribution in [0.4, 0.5) is 0 Å². The molecule has 0 spiro atoms. The van der Waals surface area contributed by atoms with Gasteiger partial charge >= 0.3 is 0 Å². The van der Waals surface area contributed by atoms with Crippen LogP contribution in [0.1, 0.15) is 24.2 Å². The zero-order valence-corrected chi connectivity index (χ0v) is 16.4. The molecule has 1 aliphatic rings. The largest absolute Gasteiger partial charge is 0.355 e. The molecular formula is C16H22N4O4S2. The summed E-state index contributed by atoms with van der Waals surface area (Å²) in [5, 5.41) is 4.79. The topological polar surface area (TPSA) is 101 Å². The van der Waals surface area contributed by atoms with Crippen molar-refractivity contribution in [2.45, 2.75) is 26.2 Å². The Kier molecular flexibility index (Phi) is 5.44. The number of hydrogen-bond donors (Lipinski definition) is 1. The van der Waals surface area contributed by atoms with Gasteiger partial charge in [-0.2, -0.15) is 0 Å². The van der Waals surface area contributed by atoms with Crippen LogP contribution in [-0.4, -0.2) is 53.9 Å². The fourth-order valence-electron chi connectivity index (χ4n) is 3.17. The second-order valence-electron chi connectivity index (χ2n) is 6.56. The van der Waals surface area contributed by atoms with E-state index in [1.54, 1.807) is 11.3 Å². The van der Waals surface area contributed by atoms with Crippen LogP contribution in [-0.2, 0) is 21.2 Å². The summed E-state index contributed by atoms with van der Waals surface area (Å²) in [6.45, 7) is 2.98. The molecule has 1 saturated heterocycles. The lowest BCUT2D eigenvalue weighted by molar-refractivity contribution is -0.126. The molecule has 0 radical (unpaired) electrons. The molecule has 0 atom stereocenters. The Labute approximate surface area is 155 Å². The third-order valence-corrected chi connectivity index (χ3v) is 6.76. The summed E-state index contributed by atoms with van der Waals surface area (Å²) >= 11 is 1.41. The molecule has 2 aromatic heterocycles. The molecule has 3 heterocycles. The van der Waals surface area contributed by atoms with Crippen LogP contribution in [0, 0.1) is 12.8 Å². The van der Waals surface area contributed by atoms with E-state index in [1.165, 1.54) is 28.0 Å². The van der Waals surface area contributed by atoms with E-state index in [2.05, 4.69) is 10.3 Å². The molecule has 8 nitrogen and oxygen atoms in total. The van der Waals surface area contributed by atoms with Crippen molar-refractivity contribution < 1.29 is 13.2 Å². The number of thiazole rings is 1. The first kappa shape index (κ1) is 19.0. The summed E-state index contributed by atoms with van der Waals surface area (Å²) in [4.78, 5) is 29.4. The highest BCUT2D eigenvalue weighted by molar-refractivity contribution is 7.88. The molecule has 1 amide bonds. The summed E-state index contributed by atoms with van der Waals surface area (Å²) in [5.41, 5.74) is 1.41. The van der Waals surface area contributed by atoms with Gasteiger partial charge in [-0.05, 0) is 19.8 Å². The van der Waals surface area contributed by atoms with Crippen LogP contribution in [0.5, 0.6) is 0 Å². The second-order valence-corrected chi connectivity index (χ2v) is 9.38. The summed E-state index contributed by atoms with van der Waals surface area (Å²) < 4.78 is 26.0. The number of sulfonamides is 1. The van der Waals surface area contributed by atoms with Crippen LogP contribution < -0.4 is 10.9 Å². The van der Waals surface area contributed by atoms with Gasteiger partial charge in [0.1, 0.15) is 0 Å². The Morgan fingerprint density at radius 1 is 1.38 bits per heavy atom. The normalized spacial score (nSPS) is 16.8. The maximum Gasteiger partial charge on any atom is 0.258 e. The minimum atomic E-state index is -3.19. The van der Waals surface area contributed by atoms with Crippen molar-refractivity contribution in [3.8, 4) is 0 Å². The number of amides is 1. The standard InChI is InChI=1S/C16H22N4O4S2/c1-11-9-14(21)20-13(10-25-16(20)18-11)3-6-17-15(22)12-4-7-19(8-5-12)26(2,23)24/h9-10,12H,3-8H2,1-2H3,(H,17,22). The lowest BCUT2D eigenvalue weighted by atomic mass is 9.97. The van der Waals surface area contributed by atoms with Gasteiger partial charge in [0, 0.05) is 54.8 Å². The molecule has 1 aliphatic heterocycles. The molecule has 2 aromatic rings. The third-order valence-electron chi connectivity index (χ3n) is 4.58. The summed E-state index contributed by atoms with van der Waals surface area (Å²) in [6, 6.07) is 1.50. The van der Waals surface area contributed by atoms with E-state index in [0.29, 0.717) is 49.6 Å². The number of aromatic nitrogens is 2. The number of piperidine rings is 1. The molecule has 10 heteroatoms. The smallest absolute Gasteiger partial charge is 0.258 e. The van der Waals surface area contributed by atoms with E-state index in [9.17, 15) is 18.0 Å². The molecule has 1 N–H and O–H groups in total. The number of fused-ring (bicyclic) bond motifs is 1. The first-order valence-corrected chi connectivity index (χ1v) is 11.2. The van der Waals surface area contributed by atoms with Gasteiger partial charge in [0.15, 0.2) is 4.96 Å². The summed E-state index contributed by atoms with van der Waals surface area (Å²) in [6.07, 6.45) is 2.79. The first-order valence-electron chi connectivity index (χ1n) is 8.45. The van der Waals surface area contributed by atoms with Crippen molar-refractivity contribution in [2.75, 3.05) is 25.9 Å². The molecule has 142 valence electrons. The summed E-state index contributed by atoms with van der Waals surface area (Å²) in [7, 11) is -3.19. The van der Waals surface area contributed by atoms with E-state index in [0.717, 1.165) is 5.69 Å². The number of carbonyl (C=O) groups excluding carboxylic acids is 1. The molecule has 1 fully saturated rings. The minimum absolute atomic E-state index is 0.0565.